The lowest BCUT2D eigenvalue weighted by molar-refractivity contribution is 0.103. The fourth-order valence-electron chi connectivity index (χ4n) is 1.92. The van der Waals surface area contributed by atoms with E-state index >= 15 is 0 Å². The number of para-hydroxylation sites is 1. The molecule has 2 aromatic carbocycles. The van der Waals surface area contributed by atoms with Crippen LogP contribution in [0.2, 0.25) is 0 Å². The van der Waals surface area contributed by atoms with Crippen LogP contribution in [-0.4, -0.2) is 35.2 Å². The van der Waals surface area contributed by atoms with E-state index in [0.717, 1.165) is 0 Å². The molecule has 0 aliphatic rings. The number of nitrogens with zero attached hydrogens (tertiary/aromatic N) is 1. The number of anilines is 1. The van der Waals surface area contributed by atoms with Crippen LogP contribution in [0.25, 0.3) is 0 Å². The molecule has 5 nitrogen and oxygen atoms in total. The maximum Gasteiger partial charge on any atom is 0.200 e. The minimum atomic E-state index is -0.554. The molecule has 0 heterocycles. The zero-order chi connectivity index (χ0) is 14.9. The highest BCUT2D eigenvalue weighted by molar-refractivity contribution is 6.12. The lowest BCUT2D eigenvalue weighted by atomic mass is 10.0. The van der Waals surface area contributed by atoms with Gasteiger partial charge in [0.05, 0.1) is 16.8 Å². The fourth-order valence-corrected chi connectivity index (χ4v) is 1.92. The lowest BCUT2D eigenvalue weighted by Gasteiger charge is -2.16. The molecule has 2 rings (SSSR count). The van der Waals surface area contributed by atoms with Crippen LogP contribution >= 0.6 is 0 Å². The van der Waals surface area contributed by atoms with Gasteiger partial charge in [-0.1, -0.05) is 12.1 Å². The van der Waals surface area contributed by atoms with E-state index in [1.54, 1.807) is 31.1 Å². The maximum atomic E-state index is 12.3. The molecule has 0 radical (unpaired) electrons. The summed E-state index contributed by atoms with van der Waals surface area (Å²) >= 11 is 0. The van der Waals surface area contributed by atoms with Crippen molar-refractivity contribution in [2.45, 2.75) is 0 Å². The average molecular weight is 273 g/mol. The molecule has 20 heavy (non-hydrogen) atoms. The summed E-state index contributed by atoms with van der Waals surface area (Å²) in [5.41, 5.74) is 0.408. The Hall–Kier alpha value is -2.69. The van der Waals surface area contributed by atoms with Gasteiger partial charge < -0.3 is 20.2 Å². The second kappa shape index (κ2) is 5.13. The molecule has 0 spiro atoms. The normalized spacial score (nSPS) is 10.3. The topological polar surface area (TPSA) is 81.0 Å². The Labute approximate surface area is 116 Å². The van der Waals surface area contributed by atoms with Crippen LogP contribution in [0.5, 0.6) is 17.2 Å². The van der Waals surface area contributed by atoms with Crippen LogP contribution in [-0.2, 0) is 0 Å². The molecule has 0 amide bonds. The number of ketones is 1. The lowest BCUT2D eigenvalue weighted by Crippen LogP contribution is -2.10. The van der Waals surface area contributed by atoms with Gasteiger partial charge in [-0.05, 0) is 18.2 Å². The Bertz CT molecular complexity index is 665. The maximum absolute atomic E-state index is 12.3. The zero-order valence-corrected chi connectivity index (χ0v) is 11.2. The molecule has 2 aromatic rings. The van der Waals surface area contributed by atoms with Gasteiger partial charge >= 0.3 is 0 Å². The summed E-state index contributed by atoms with van der Waals surface area (Å²) in [5.74, 6) is -1.10. The first-order valence-electron chi connectivity index (χ1n) is 5.98. The molecular formula is C15H15NO4. The molecule has 0 aromatic heterocycles. The molecule has 0 saturated heterocycles. The summed E-state index contributed by atoms with van der Waals surface area (Å²) in [5, 5.41) is 29.5. The summed E-state index contributed by atoms with van der Waals surface area (Å²) in [6, 6.07) is 8.55. The highest BCUT2D eigenvalue weighted by Crippen LogP contribution is 2.35. The van der Waals surface area contributed by atoms with Gasteiger partial charge in [0.2, 0.25) is 5.78 Å². The number of phenols is 3. The largest absolute Gasteiger partial charge is 0.507 e. The summed E-state index contributed by atoms with van der Waals surface area (Å²) in [4.78, 5) is 13.9. The van der Waals surface area contributed by atoms with Gasteiger partial charge in [-0.25, -0.2) is 0 Å². The predicted octanol–water partition coefficient (Wildman–Crippen LogP) is 2.10. The minimum Gasteiger partial charge on any atom is -0.507 e. The van der Waals surface area contributed by atoms with E-state index in [2.05, 4.69) is 0 Å². The van der Waals surface area contributed by atoms with Crippen molar-refractivity contribution in [3.63, 3.8) is 0 Å². The Balaban J connectivity index is 2.51. The highest BCUT2D eigenvalue weighted by atomic mass is 16.3. The SMILES string of the molecule is CN(C)c1cc(O)c(C(=O)c2ccccc2O)cc1O. The van der Waals surface area contributed by atoms with Crippen molar-refractivity contribution in [1.29, 1.82) is 0 Å². The molecule has 0 saturated carbocycles. The third-order valence-electron chi connectivity index (χ3n) is 2.97. The van der Waals surface area contributed by atoms with E-state index in [4.69, 9.17) is 0 Å². The molecule has 5 heteroatoms. The van der Waals surface area contributed by atoms with Crippen LogP contribution < -0.4 is 4.90 Å². The minimum absolute atomic E-state index is 0.0606. The van der Waals surface area contributed by atoms with Crippen LogP contribution in [0.15, 0.2) is 36.4 Å². The molecule has 0 fully saturated rings. The van der Waals surface area contributed by atoms with E-state index in [9.17, 15) is 20.1 Å². The Morgan fingerprint density at radius 1 is 0.900 bits per heavy atom. The molecule has 0 unspecified atom stereocenters. The number of aromatic hydroxyl groups is 3. The predicted molar refractivity (Wildman–Crippen MR) is 75.6 cm³/mol. The van der Waals surface area contributed by atoms with E-state index in [1.807, 2.05) is 0 Å². The van der Waals surface area contributed by atoms with Gasteiger partial charge in [-0.2, -0.15) is 0 Å². The Kier molecular flexibility index (Phi) is 3.52. The highest BCUT2D eigenvalue weighted by Gasteiger charge is 2.19. The van der Waals surface area contributed by atoms with Gasteiger partial charge in [-0.3, -0.25) is 4.79 Å². The second-order valence-electron chi connectivity index (χ2n) is 4.60. The van der Waals surface area contributed by atoms with Crippen molar-refractivity contribution in [2.75, 3.05) is 19.0 Å². The number of phenolic OH excluding ortho intramolecular Hbond substituents is 3. The van der Waals surface area contributed by atoms with E-state index in [0.29, 0.717) is 5.69 Å². The van der Waals surface area contributed by atoms with E-state index in [1.165, 1.54) is 24.3 Å². The van der Waals surface area contributed by atoms with Crippen molar-refractivity contribution < 1.29 is 20.1 Å². The van der Waals surface area contributed by atoms with Gasteiger partial charge in [0.15, 0.2) is 0 Å². The van der Waals surface area contributed by atoms with E-state index < -0.39 is 5.78 Å². The van der Waals surface area contributed by atoms with Gasteiger partial charge in [0, 0.05) is 20.2 Å². The number of hydrogen-bond acceptors (Lipinski definition) is 5. The molecule has 0 atom stereocenters. The van der Waals surface area contributed by atoms with Gasteiger partial charge in [0.1, 0.15) is 17.2 Å². The molecule has 0 aliphatic carbocycles. The number of hydrogen-bond donors (Lipinski definition) is 3. The molecule has 104 valence electrons. The van der Waals surface area contributed by atoms with Crippen LogP contribution in [0.4, 0.5) is 5.69 Å². The first-order chi connectivity index (χ1) is 9.41. The van der Waals surface area contributed by atoms with Crippen LogP contribution in [0.1, 0.15) is 15.9 Å². The van der Waals surface area contributed by atoms with Crippen LogP contribution in [0, 0.1) is 0 Å². The average Bonchev–Trinajstić information content (AvgIpc) is 2.40. The smallest absolute Gasteiger partial charge is 0.200 e. The first-order valence-corrected chi connectivity index (χ1v) is 5.98. The summed E-state index contributed by atoms with van der Waals surface area (Å²) in [6.07, 6.45) is 0. The van der Waals surface area contributed by atoms with Crippen molar-refractivity contribution in [3.8, 4) is 17.2 Å². The van der Waals surface area contributed by atoms with Gasteiger partial charge in [-0.15, -0.1) is 0 Å². The number of benzene rings is 2. The summed E-state index contributed by atoms with van der Waals surface area (Å²) in [6.45, 7) is 0. The Morgan fingerprint density at radius 3 is 2.15 bits per heavy atom. The molecule has 0 bridgehead atoms. The van der Waals surface area contributed by atoms with E-state index in [-0.39, 0.29) is 28.4 Å². The van der Waals surface area contributed by atoms with Crippen molar-refractivity contribution in [2.24, 2.45) is 0 Å². The standard InChI is InChI=1S/C15H15NO4/c1-16(2)11-8-13(18)10(7-14(11)19)15(20)9-5-3-4-6-12(9)17/h3-8,17-19H,1-2H3. The molecule has 3 N–H and O–H groups in total. The fraction of sp³-hybridized carbons (Fsp3) is 0.133. The van der Waals surface area contributed by atoms with Crippen molar-refractivity contribution in [1.82, 2.24) is 0 Å². The molecule has 0 aliphatic heterocycles. The van der Waals surface area contributed by atoms with Crippen LogP contribution in [0.3, 0.4) is 0 Å². The second-order valence-corrected chi connectivity index (χ2v) is 4.60. The first kappa shape index (κ1) is 13.7. The number of rotatable bonds is 3. The molecular weight excluding hydrogens is 258 g/mol. The zero-order valence-electron chi connectivity index (χ0n) is 11.2. The summed E-state index contributed by atoms with van der Waals surface area (Å²) < 4.78 is 0. The number of carbonyl (C=O) groups excluding carboxylic acids is 1. The van der Waals surface area contributed by atoms with Gasteiger partial charge in [0.25, 0.3) is 0 Å². The quantitative estimate of drug-likeness (QED) is 0.589. The monoisotopic (exact) mass is 273 g/mol. The van der Waals surface area contributed by atoms with Crippen molar-refractivity contribution in [3.05, 3.63) is 47.5 Å². The number of carbonyl (C=O) groups is 1. The van der Waals surface area contributed by atoms with Crippen molar-refractivity contribution >= 4 is 11.5 Å². The third-order valence-corrected chi connectivity index (χ3v) is 2.97. The Morgan fingerprint density at radius 2 is 1.55 bits per heavy atom. The summed E-state index contributed by atoms with van der Waals surface area (Å²) in [7, 11) is 3.41. The third kappa shape index (κ3) is 2.38.